The number of hydrogen-bond donors (Lipinski definition) is 1. The molecule has 5 atom stereocenters. The first-order valence-corrected chi connectivity index (χ1v) is 14.1. The van der Waals surface area contributed by atoms with Crippen molar-refractivity contribution in [2.45, 2.75) is 22.5 Å². The van der Waals surface area contributed by atoms with Crippen molar-refractivity contribution in [3.63, 3.8) is 0 Å². The number of fused-ring (bicyclic) bond motifs is 2. The van der Waals surface area contributed by atoms with Crippen LogP contribution in [-0.4, -0.2) is 77.1 Å². The Morgan fingerprint density at radius 2 is 1.62 bits per heavy atom. The van der Waals surface area contributed by atoms with Crippen LogP contribution >= 0.6 is 11.8 Å². The number of anilines is 2. The number of thioether (sulfide) groups is 1. The molecule has 0 bridgehead atoms. The lowest BCUT2D eigenvalue weighted by molar-refractivity contribution is -0.138. The van der Waals surface area contributed by atoms with Crippen LogP contribution in [0.3, 0.4) is 0 Å². The second kappa shape index (κ2) is 10.2. The van der Waals surface area contributed by atoms with Crippen molar-refractivity contribution in [3.8, 4) is 5.75 Å². The van der Waals surface area contributed by atoms with Crippen molar-refractivity contribution in [3.05, 3.63) is 78.9 Å². The number of carbonyl (C=O) groups is 3. The Balaban J connectivity index is 1.42. The van der Waals surface area contributed by atoms with Crippen LogP contribution < -0.4 is 14.5 Å². The van der Waals surface area contributed by atoms with Gasteiger partial charge in [-0.2, -0.15) is 0 Å². The fraction of sp³-hybridized carbons (Fsp3) is 0.367. The molecule has 4 aliphatic heterocycles. The maximum Gasteiger partial charge on any atom is 0.251 e. The van der Waals surface area contributed by atoms with E-state index in [-0.39, 0.29) is 36.1 Å². The number of nitrogens with zero attached hydrogens (tertiary/aromatic N) is 3. The van der Waals surface area contributed by atoms with Gasteiger partial charge in [0, 0.05) is 42.9 Å². The molecular weight excluding hydrogens is 514 g/mol. The first kappa shape index (κ1) is 25.7. The Morgan fingerprint density at radius 1 is 0.923 bits per heavy atom. The molecule has 2 saturated heterocycles. The second-order valence-electron chi connectivity index (χ2n) is 10.2. The van der Waals surface area contributed by atoms with Gasteiger partial charge >= 0.3 is 0 Å². The van der Waals surface area contributed by atoms with Crippen LogP contribution in [0.15, 0.2) is 78.9 Å². The third-order valence-electron chi connectivity index (χ3n) is 8.17. The molecule has 39 heavy (non-hydrogen) atoms. The Hall–Kier alpha value is -3.56. The van der Waals surface area contributed by atoms with Gasteiger partial charge in [0.15, 0.2) is 0 Å². The van der Waals surface area contributed by atoms with Crippen LogP contribution in [-0.2, 0) is 14.4 Å². The van der Waals surface area contributed by atoms with Gasteiger partial charge in [-0.25, -0.2) is 0 Å². The average Bonchev–Trinajstić information content (AvgIpc) is 3.27. The Bertz CT molecular complexity index is 1330. The average molecular weight is 546 g/mol. The quantitative estimate of drug-likeness (QED) is 0.562. The highest BCUT2D eigenvalue weighted by atomic mass is 32.2. The van der Waals surface area contributed by atoms with E-state index in [1.165, 1.54) is 0 Å². The minimum absolute atomic E-state index is 0.0942. The molecule has 1 N–H and O–H groups in total. The number of hydrogen-bond acceptors (Lipinski definition) is 6. The number of rotatable bonds is 6. The lowest BCUT2D eigenvalue weighted by Gasteiger charge is -2.35. The minimum atomic E-state index is -0.889. The summed E-state index contributed by atoms with van der Waals surface area (Å²) in [7, 11) is 1.59. The molecule has 4 aliphatic rings. The number of methoxy groups -OCH3 is 1. The Morgan fingerprint density at radius 3 is 2.33 bits per heavy atom. The molecule has 0 aromatic heterocycles. The monoisotopic (exact) mass is 545 g/mol. The number of ether oxygens (including phenoxy) is 1. The zero-order valence-corrected chi connectivity index (χ0v) is 22.5. The number of aliphatic hydroxyl groups is 1. The summed E-state index contributed by atoms with van der Waals surface area (Å²) < 4.78 is 4.39. The molecule has 2 fully saturated rings. The number of carbonyl (C=O) groups excluding carboxylic acids is 3. The summed E-state index contributed by atoms with van der Waals surface area (Å²) in [6.45, 7) is 0.942. The van der Waals surface area contributed by atoms with Crippen molar-refractivity contribution >= 4 is 40.9 Å². The van der Waals surface area contributed by atoms with Crippen LogP contribution in [0.1, 0.15) is 6.42 Å². The molecule has 2 aromatic rings. The SMILES string of the molecule is COc1ccc(N2CC=C[C@]34S[C@H]5C=CCN(c6ccccc6)C(=O)[C@H]5[C@H]3C(=O)N(CCCO)C4C2=O)cc1. The summed E-state index contributed by atoms with van der Waals surface area (Å²) in [6.07, 6.45) is 8.35. The first-order chi connectivity index (χ1) is 19.0. The fourth-order valence-corrected chi connectivity index (χ4v) is 8.46. The Labute approximate surface area is 231 Å². The van der Waals surface area contributed by atoms with Crippen LogP contribution in [0.2, 0.25) is 0 Å². The number of amides is 3. The van der Waals surface area contributed by atoms with Gasteiger partial charge in [-0.3, -0.25) is 14.4 Å². The van der Waals surface area contributed by atoms with Crippen LogP contribution in [0, 0.1) is 11.8 Å². The number of benzene rings is 2. The number of aliphatic hydroxyl groups excluding tert-OH is 1. The van der Waals surface area contributed by atoms with E-state index in [9.17, 15) is 19.5 Å². The molecule has 4 heterocycles. The minimum Gasteiger partial charge on any atom is -0.497 e. The molecule has 0 saturated carbocycles. The van der Waals surface area contributed by atoms with Gasteiger partial charge in [0.2, 0.25) is 11.8 Å². The molecule has 2 aromatic carbocycles. The highest BCUT2D eigenvalue weighted by molar-refractivity contribution is 8.02. The first-order valence-electron chi connectivity index (χ1n) is 13.3. The molecular formula is C30H31N3O5S. The van der Waals surface area contributed by atoms with Gasteiger partial charge in [-0.1, -0.05) is 42.5 Å². The molecule has 3 amide bonds. The van der Waals surface area contributed by atoms with Crippen LogP contribution in [0.5, 0.6) is 5.75 Å². The van der Waals surface area contributed by atoms with E-state index in [1.54, 1.807) is 33.6 Å². The second-order valence-corrected chi connectivity index (χ2v) is 11.7. The van der Waals surface area contributed by atoms with E-state index >= 15 is 0 Å². The smallest absolute Gasteiger partial charge is 0.251 e. The fourth-order valence-electron chi connectivity index (χ4n) is 6.45. The third kappa shape index (κ3) is 4.06. The molecule has 0 radical (unpaired) electrons. The maximum atomic E-state index is 14.4. The van der Waals surface area contributed by atoms with Crippen LogP contribution in [0.4, 0.5) is 11.4 Å². The molecule has 9 heteroatoms. The predicted molar refractivity (Wildman–Crippen MR) is 151 cm³/mol. The lowest BCUT2D eigenvalue weighted by Crippen LogP contribution is -2.53. The summed E-state index contributed by atoms with van der Waals surface area (Å²) in [4.78, 5) is 47.8. The van der Waals surface area contributed by atoms with Gasteiger partial charge in [-0.15, -0.1) is 11.8 Å². The van der Waals surface area contributed by atoms with E-state index in [0.29, 0.717) is 30.9 Å². The Kier molecular flexibility index (Phi) is 6.72. The van der Waals surface area contributed by atoms with Gasteiger partial charge in [0.05, 0.1) is 23.7 Å². The van der Waals surface area contributed by atoms with Crippen molar-refractivity contribution in [1.29, 1.82) is 0 Å². The summed E-state index contributed by atoms with van der Waals surface area (Å²) in [5, 5.41) is 9.38. The van der Waals surface area contributed by atoms with Crippen molar-refractivity contribution in [1.82, 2.24) is 4.90 Å². The van der Waals surface area contributed by atoms with E-state index in [0.717, 1.165) is 5.69 Å². The van der Waals surface area contributed by atoms with Gasteiger partial charge < -0.3 is 24.5 Å². The van der Waals surface area contributed by atoms with Crippen LogP contribution in [0.25, 0.3) is 0 Å². The molecule has 0 aliphatic carbocycles. The zero-order chi connectivity index (χ0) is 27.1. The highest BCUT2D eigenvalue weighted by Gasteiger charge is 2.71. The van der Waals surface area contributed by atoms with E-state index in [4.69, 9.17) is 4.74 Å². The lowest BCUT2D eigenvalue weighted by atomic mass is 9.78. The van der Waals surface area contributed by atoms with Gasteiger partial charge in [-0.05, 0) is 42.8 Å². The normalized spacial score (nSPS) is 29.7. The maximum absolute atomic E-state index is 14.4. The van der Waals surface area contributed by atoms with Gasteiger partial charge in [0.1, 0.15) is 11.8 Å². The highest BCUT2D eigenvalue weighted by Crippen LogP contribution is 2.61. The third-order valence-corrected chi connectivity index (χ3v) is 9.91. The number of likely N-dealkylation sites (tertiary alicyclic amines) is 1. The predicted octanol–water partition coefficient (Wildman–Crippen LogP) is 2.88. The molecule has 1 spiro atoms. The van der Waals surface area contributed by atoms with Crippen molar-refractivity contribution in [2.75, 3.05) is 43.2 Å². The summed E-state index contributed by atoms with van der Waals surface area (Å²) in [5.74, 6) is -1.08. The van der Waals surface area contributed by atoms with Gasteiger partial charge in [0.25, 0.3) is 5.91 Å². The van der Waals surface area contributed by atoms with Crippen molar-refractivity contribution in [2.24, 2.45) is 11.8 Å². The summed E-state index contributed by atoms with van der Waals surface area (Å²) in [6, 6.07) is 16.0. The summed E-state index contributed by atoms with van der Waals surface area (Å²) in [5.41, 5.74) is 1.50. The molecule has 1 unspecified atom stereocenters. The molecule has 8 nitrogen and oxygen atoms in total. The topological polar surface area (TPSA) is 90.4 Å². The van der Waals surface area contributed by atoms with E-state index < -0.39 is 22.6 Å². The van der Waals surface area contributed by atoms with Crippen molar-refractivity contribution < 1.29 is 24.2 Å². The zero-order valence-electron chi connectivity index (χ0n) is 21.7. The number of para-hydroxylation sites is 1. The largest absolute Gasteiger partial charge is 0.497 e. The standard InChI is InChI=1S/C30H31N3O5S/c1-38-22-13-11-21(12-14-22)32-17-6-15-30-25(28(36)33(18-7-19-34)26(30)29(32)37)24-23(39-30)10-5-16-31(27(24)35)20-8-3-2-4-9-20/h2-6,8-15,23-26,34H,7,16-19H2,1H3/t23-,24+,25-,26?,30-/m0/s1. The summed E-state index contributed by atoms with van der Waals surface area (Å²) >= 11 is 1.56. The van der Waals surface area contributed by atoms with E-state index in [2.05, 4.69) is 0 Å². The van der Waals surface area contributed by atoms with E-state index in [1.807, 2.05) is 78.9 Å². The molecule has 202 valence electrons. The molecule has 6 rings (SSSR count).